The lowest BCUT2D eigenvalue weighted by Gasteiger charge is -2.56. The molecule has 18 heavy (non-hydrogen) atoms. The van der Waals surface area contributed by atoms with Crippen LogP contribution in [0.25, 0.3) is 0 Å². The van der Waals surface area contributed by atoms with Crippen LogP contribution in [0.1, 0.15) is 40.5 Å². The molecule has 1 N–H and O–H groups in total. The molecule has 2 atom stereocenters. The molecule has 0 aliphatic heterocycles. The van der Waals surface area contributed by atoms with Crippen molar-refractivity contribution in [1.82, 2.24) is 0 Å². The third kappa shape index (κ3) is 2.09. The van der Waals surface area contributed by atoms with Crippen LogP contribution in [0.4, 0.5) is 0 Å². The van der Waals surface area contributed by atoms with Crippen LogP contribution in [0.5, 0.6) is 0 Å². The summed E-state index contributed by atoms with van der Waals surface area (Å²) in [5, 5.41) is 9.13. The molecule has 1 fully saturated rings. The van der Waals surface area contributed by atoms with E-state index in [2.05, 4.69) is 19.9 Å². The van der Waals surface area contributed by atoms with E-state index >= 15 is 0 Å². The van der Waals surface area contributed by atoms with Crippen LogP contribution >= 0.6 is 0 Å². The van der Waals surface area contributed by atoms with E-state index in [9.17, 15) is 4.79 Å². The quantitative estimate of drug-likeness (QED) is 0.618. The summed E-state index contributed by atoms with van der Waals surface area (Å²) in [6.07, 6.45) is 4.59. The number of aliphatic hydroxyl groups is 1. The fraction of sp³-hybridized carbons (Fsp3) is 0.800. The van der Waals surface area contributed by atoms with E-state index in [4.69, 9.17) is 9.84 Å². The van der Waals surface area contributed by atoms with E-state index in [1.54, 1.807) is 13.8 Å². The number of esters is 1. The molecule has 3 heteroatoms. The van der Waals surface area contributed by atoms with Gasteiger partial charge in [0, 0.05) is 0 Å². The highest BCUT2D eigenvalue weighted by molar-refractivity contribution is 5.76. The molecule has 0 aromatic rings. The predicted molar refractivity (Wildman–Crippen MR) is 69.9 cm³/mol. The summed E-state index contributed by atoms with van der Waals surface area (Å²) in [5.41, 5.74) is 0.833. The molecular formula is C15H24O3. The van der Waals surface area contributed by atoms with Crippen LogP contribution in [-0.2, 0) is 9.53 Å². The average Bonchev–Trinajstić information content (AvgIpc) is 2.35. The van der Waals surface area contributed by atoms with Crippen molar-refractivity contribution in [3.63, 3.8) is 0 Å². The lowest BCUT2D eigenvalue weighted by Crippen LogP contribution is -2.49. The zero-order valence-corrected chi connectivity index (χ0v) is 11.8. The Labute approximate surface area is 109 Å². The van der Waals surface area contributed by atoms with E-state index < -0.39 is 5.41 Å². The molecule has 3 aliphatic carbocycles. The van der Waals surface area contributed by atoms with Gasteiger partial charge in [-0.25, -0.2) is 0 Å². The van der Waals surface area contributed by atoms with E-state index in [1.807, 2.05) is 0 Å². The van der Waals surface area contributed by atoms with E-state index in [-0.39, 0.29) is 12.6 Å². The number of carbonyl (C=O) groups excluding carboxylic acids is 1. The fourth-order valence-corrected chi connectivity index (χ4v) is 3.05. The standard InChI is InChI=1S/C15H24O3/c1-14(2,9-16)13(17)18-8-10-5-6-11-7-12(10)15(11,3)4/h5,11-12,16H,6-9H2,1-4H3. The van der Waals surface area contributed by atoms with Gasteiger partial charge in [0.05, 0.1) is 12.0 Å². The van der Waals surface area contributed by atoms with Gasteiger partial charge < -0.3 is 9.84 Å². The summed E-state index contributed by atoms with van der Waals surface area (Å²) in [6, 6.07) is 0. The molecule has 0 radical (unpaired) electrons. The first-order valence-electron chi connectivity index (χ1n) is 6.76. The number of carbonyl (C=O) groups is 1. The Morgan fingerprint density at radius 1 is 1.56 bits per heavy atom. The molecule has 3 rings (SSSR count). The van der Waals surface area contributed by atoms with Gasteiger partial charge >= 0.3 is 5.97 Å². The normalized spacial score (nSPS) is 29.3. The van der Waals surface area contributed by atoms with Crippen LogP contribution in [-0.4, -0.2) is 24.3 Å². The highest BCUT2D eigenvalue weighted by atomic mass is 16.5. The van der Waals surface area contributed by atoms with Crippen molar-refractivity contribution < 1.29 is 14.6 Å². The summed E-state index contributed by atoms with van der Waals surface area (Å²) in [5.74, 6) is 1.06. The van der Waals surface area contributed by atoms with Crippen LogP contribution < -0.4 is 0 Å². The smallest absolute Gasteiger partial charge is 0.314 e. The fourth-order valence-electron chi connectivity index (χ4n) is 3.05. The SMILES string of the molecule is CC(C)(CO)C(=O)OCC1=CCC2CC1C2(C)C. The van der Waals surface area contributed by atoms with Crippen molar-refractivity contribution in [2.75, 3.05) is 13.2 Å². The molecule has 1 saturated carbocycles. The number of hydrogen-bond donors (Lipinski definition) is 1. The number of allylic oxidation sites excluding steroid dienone is 1. The van der Waals surface area contributed by atoms with E-state index in [0.717, 1.165) is 12.3 Å². The maximum Gasteiger partial charge on any atom is 0.314 e. The van der Waals surface area contributed by atoms with Gasteiger partial charge in [0.15, 0.2) is 0 Å². The lowest BCUT2D eigenvalue weighted by atomic mass is 9.49. The molecule has 3 aliphatic rings. The van der Waals surface area contributed by atoms with Crippen molar-refractivity contribution >= 4 is 5.97 Å². The molecular weight excluding hydrogens is 228 g/mol. The summed E-state index contributed by atoms with van der Waals surface area (Å²) in [7, 11) is 0. The Morgan fingerprint density at radius 2 is 2.22 bits per heavy atom. The minimum atomic E-state index is -0.799. The van der Waals surface area contributed by atoms with E-state index in [0.29, 0.717) is 17.9 Å². The van der Waals surface area contributed by atoms with Crippen molar-refractivity contribution in [2.45, 2.75) is 40.5 Å². The van der Waals surface area contributed by atoms with Gasteiger partial charge in [-0.2, -0.15) is 0 Å². The van der Waals surface area contributed by atoms with Gasteiger partial charge in [0.25, 0.3) is 0 Å². The minimum Gasteiger partial charge on any atom is -0.461 e. The first-order valence-corrected chi connectivity index (χ1v) is 6.76. The summed E-state index contributed by atoms with van der Waals surface area (Å²) < 4.78 is 5.36. The number of rotatable bonds is 4. The molecule has 0 aromatic heterocycles. The number of hydrogen-bond acceptors (Lipinski definition) is 3. The molecule has 3 nitrogen and oxygen atoms in total. The van der Waals surface area contributed by atoms with Crippen molar-refractivity contribution in [2.24, 2.45) is 22.7 Å². The van der Waals surface area contributed by atoms with Gasteiger partial charge in [0.1, 0.15) is 6.61 Å². The van der Waals surface area contributed by atoms with Gasteiger partial charge in [-0.1, -0.05) is 19.9 Å². The summed E-state index contributed by atoms with van der Waals surface area (Å²) in [6.45, 7) is 8.23. The largest absolute Gasteiger partial charge is 0.461 e. The van der Waals surface area contributed by atoms with Crippen LogP contribution in [0, 0.1) is 22.7 Å². The zero-order chi connectivity index (χ0) is 13.6. The third-order valence-corrected chi connectivity index (χ3v) is 4.90. The molecule has 0 saturated heterocycles. The summed E-state index contributed by atoms with van der Waals surface area (Å²) >= 11 is 0. The third-order valence-electron chi connectivity index (χ3n) is 4.90. The molecule has 0 aromatic carbocycles. The molecule has 0 amide bonds. The van der Waals surface area contributed by atoms with Gasteiger partial charge in [-0.3, -0.25) is 4.79 Å². The molecule has 0 heterocycles. The lowest BCUT2D eigenvalue weighted by molar-refractivity contribution is -0.155. The van der Waals surface area contributed by atoms with Crippen molar-refractivity contribution in [3.05, 3.63) is 11.6 Å². The Hall–Kier alpha value is -0.830. The van der Waals surface area contributed by atoms with Crippen LogP contribution in [0.3, 0.4) is 0 Å². The zero-order valence-electron chi connectivity index (χ0n) is 11.8. The van der Waals surface area contributed by atoms with Crippen LogP contribution in [0.15, 0.2) is 11.6 Å². The number of ether oxygens (including phenoxy) is 1. The monoisotopic (exact) mass is 252 g/mol. The highest BCUT2D eigenvalue weighted by Gasteiger charge is 2.51. The Balaban J connectivity index is 1.92. The Morgan fingerprint density at radius 3 is 2.72 bits per heavy atom. The van der Waals surface area contributed by atoms with Gasteiger partial charge in [-0.05, 0) is 49.5 Å². The van der Waals surface area contributed by atoms with E-state index in [1.165, 1.54) is 12.0 Å². The maximum absolute atomic E-state index is 11.8. The number of fused-ring (bicyclic) bond motifs is 1. The second-order valence-electron chi connectivity index (χ2n) is 6.94. The van der Waals surface area contributed by atoms with Crippen molar-refractivity contribution in [1.29, 1.82) is 0 Å². The molecule has 102 valence electrons. The van der Waals surface area contributed by atoms with Gasteiger partial charge in [-0.15, -0.1) is 0 Å². The Bertz CT molecular complexity index is 379. The predicted octanol–water partition coefficient (Wildman–Crippen LogP) is 2.54. The van der Waals surface area contributed by atoms with Crippen LogP contribution in [0.2, 0.25) is 0 Å². The van der Waals surface area contributed by atoms with Gasteiger partial charge in [0.2, 0.25) is 0 Å². The second-order valence-corrected chi connectivity index (χ2v) is 6.94. The van der Waals surface area contributed by atoms with Crippen molar-refractivity contribution in [3.8, 4) is 0 Å². The molecule has 2 bridgehead atoms. The highest BCUT2D eigenvalue weighted by Crippen LogP contribution is 2.59. The average molecular weight is 252 g/mol. The summed E-state index contributed by atoms with van der Waals surface area (Å²) in [4.78, 5) is 11.8. The number of aliphatic hydroxyl groups excluding tert-OH is 1. The molecule has 0 spiro atoms. The molecule has 2 unspecified atom stereocenters. The Kier molecular flexibility index (Phi) is 3.30. The first-order chi connectivity index (χ1) is 8.29. The topological polar surface area (TPSA) is 46.5 Å². The minimum absolute atomic E-state index is 0.179. The second kappa shape index (κ2) is 4.37. The maximum atomic E-state index is 11.8. The first kappa shape index (κ1) is 13.6.